The first-order valence-corrected chi connectivity index (χ1v) is 8.29. The number of piperazine rings is 1. The maximum absolute atomic E-state index is 6.25. The zero-order chi connectivity index (χ0) is 16.4. The van der Waals surface area contributed by atoms with Gasteiger partial charge in [0.05, 0.1) is 0 Å². The standard InChI is InChI=1S/C16H21ClN6/c1-4-13-20-15(17)11(2)16(21-13)23-9-7-22(8-10-23)14-5-6-18-12(3)19-14/h5-6H,4,7-10H2,1-3H3. The molecule has 1 aliphatic rings. The van der Waals surface area contributed by atoms with Gasteiger partial charge in [0.2, 0.25) is 0 Å². The molecule has 23 heavy (non-hydrogen) atoms. The number of nitrogens with zero attached hydrogens (tertiary/aromatic N) is 6. The summed E-state index contributed by atoms with van der Waals surface area (Å²) in [7, 11) is 0. The lowest BCUT2D eigenvalue weighted by atomic mass is 10.2. The minimum Gasteiger partial charge on any atom is -0.353 e. The van der Waals surface area contributed by atoms with Gasteiger partial charge in [-0.1, -0.05) is 18.5 Å². The predicted octanol–water partition coefficient (Wildman–Crippen LogP) is 2.43. The molecule has 1 saturated heterocycles. The smallest absolute Gasteiger partial charge is 0.137 e. The average Bonchev–Trinajstić information content (AvgIpc) is 2.57. The lowest BCUT2D eigenvalue weighted by Gasteiger charge is -2.36. The van der Waals surface area contributed by atoms with Crippen LogP contribution in [0.3, 0.4) is 0 Å². The maximum Gasteiger partial charge on any atom is 0.137 e. The van der Waals surface area contributed by atoms with Crippen molar-refractivity contribution in [2.75, 3.05) is 36.0 Å². The van der Waals surface area contributed by atoms with Crippen LogP contribution in [-0.2, 0) is 6.42 Å². The Morgan fingerprint density at radius 1 is 1.04 bits per heavy atom. The first kappa shape index (κ1) is 15.9. The molecule has 2 aromatic rings. The predicted molar refractivity (Wildman–Crippen MR) is 92.4 cm³/mol. The van der Waals surface area contributed by atoms with Crippen molar-refractivity contribution in [3.05, 3.63) is 34.6 Å². The van der Waals surface area contributed by atoms with Crippen LogP contribution in [0.25, 0.3) is 0 Å². The maximum atomic E-state index is 6.25. The summed E-state index contributed by atoms with van der Waals surface area (Å²) in [5.74, 6) is 3.55. The minimum atomic E-state index is 0.556. The van der Waals surface area contributed by atoms with Gasteiger partial charge < -0.3 is 9.80 Å². The van der Waals surface area contributed by atoms with Crippen LogP contribution >= 0.6 is 11.6 Å². The van der Waals surface area contributed by atoms with E-state index in [4.69, 9.17) is 11.6 Å². The van der Waals surface area contributed by atoms with Gasteiger partial charge in [-0.3, -0.25) is 0 Å². The van der Waals surface area contributed by atoms with E-state index in [1.54, 1.807) is 0 Å². The van der Waals surface area contributed by atoms with E-state index in [0.29, 0.717) is 5.15 Å². The van der Waals surface area contributed by atoms with Gasteiger partial charge >= 0.3 is 0 Å². The third kappa shape index (κ3) is 3.37. The van der Waals surface area contributed by atoms with Crippen molar-refractivity contribution in [2.24, 2.45) is 0 Å². The zero-order valence-electron chi connectivity index (χ0n) is 13.8. The molecule has 0 atom stereocenters. The van der Waals surface area contributed by atoms with E-state index < -0.39 is 0 Å². The first-order chi connectivity index (χ1) is 11.1. The van der Waals surface area contributed by atoms with Crippen LogP contribution in [0.5, 0.6) is 0 Å². The second-order valence-corrected chi connectivity index (χ2v) is 6.03. The van der Waals surface area contributed by atoms with Crippen LogP contribution in [0.2, 0.25) is 5.15 Å². The van der Waals surface area contributed by atoms with Crippen LogP contribution < -0.4 is 9.80 Å². The van der Waals surface area contributed by atoms with Gasteiger partial charge in [-0.15, -0.1) is 0 Å². The topological polar surface area (TPSA) is 58.0 Å². The van der Waals surface area contributed by atoms with Crippen molar-refractivity contribution in [3.8, 4) is 0 Å². The Morgan fingerprint density at radius 2 is 1.74 bits per heavy atom. The fourth-order valence-corrected chi connectivity index (χ4v) is 2.94. The van der Waals surface area contributed by atoms with Crippen molar-refractivity contribution >= 4 is 23.2 Å². The molecule has 0 aromatic carbocycles. The molecule has 0 amide bonds. The molecule has 3 rings (SSSR count). The quantitative estimate of drug-likeness (QED) is 0.805. The molecule has 122 valence electrons. The van der Waals surface area contributed by atoms with E-state index in [1.165, 1.54) is 0 Å². The lowest BCUT2D eigenvalue weighted by Crippen LogP contribution is -2.47. The molecule has 0 N–H and O–H groups in total. The van der Waals surface area contributed by atoms with Crippen LogP contribution in [0.15, 0.2) is 12.3 Å². The van der Waals surface area contributed by atoms with E-state index in [2.05, 4.69) is 29.7 Å². The van der Waals surface area contributed by atoms with Crippen molar-refractivity contribution < 1.29 is 0 Å². The highest BCUT2D eigenvalue weighted by Crippen LogP contribution is 2.25. The molecule has 1 aliphatic heterocycles. The summed E-state index contributed by atoms with van der Waals surface area (Å²) in [6.45, 7) is 9.52. The summed E-state index contributed by atoms with van der Waals surface area (Å²) < 4.78 is 0. The Hall–Kier alpha value is -1.95. The van der Waals surface area contributed by atoms with Crippen LogP contribution in [0.1, 0.15) is 24.1 Å². The number of aryl methyl sites for hydroxylation is 2. The minimum absolute atomic E-state index is 0.556. The van der Waals surface area contributed by atoms with Crippen LogP contribution in [-0.4, -0.2) is 46.1 Å². The third-order valence-corrected chi connectivity index (χ3v) is 4.46. The Morgan fingerprint density at radius 3 is 2.39 bits per heavy atom. The van der Waals surface area contributed by atoms with Gasteiger partial charge in [-0.05, 0) is 19.9 Å². The van der Waals surface area contributed by atoms with Crippen molar-refractivity contribution in [1.82, 2.24) is 19.9 Å². The average molecular weight is 333 g/mol. The number of hydrogen-bond donors (Lipinski definition) is 0. The highest BCUT2D eigenvalue weighted by molar-refractivity contribution is 6.30. The monoisotopic (exact) mass is 332 g/mol. The van der Waals surface area contributed by atoms with Gasteiger partial charge in [-0.2, -0.15) is 0 Å². The van der Waals surface area contributed by atoms with E-state index in [1.807, 2.05) is 33.0 Å². The summed E-state index contributed by atoms with van der Waals surface area (Å²) in [5.41, 5.74) is 0.954. The van der Waals surface area contributed by atoms with Gasteiger partial charge in [0.15, 0.2) is 0 Å². The number of halogens is 1. The molecular formula is C16H21ClN6. The summed E-state index contributed by atoms with van der Waals surface area (Å²) in [4.78, 5) is 22.2. The second-order valence-electron chi connectivity index (χ2n) is 5.67. The highest BCUT2D eigenvalue weighted by Gasteiger charge is 2.22. The summed E-state index contributed by atoms with van der Waals surface area (Å²) >= 11 is 6.25. The van der Waals surface area contributed by atoms with Crippen LogP contribution in [0.4, 0.5) is 11.6 Å². The Balaban J connectivity index is 1.75. The molecule has 0 unspecified atom stereocenters. The summed E-state index contributed by atoms with van der Waals surface area (Å²) in [5, 5.41) is 0.556. The molecule has 0 bridgehead atoms. The zero-order valence-corrected chi connectivity index (χ0v) is 14.5. The lowest BCUT2D eigenvalue weighted by molar-refractivity contribution is 0.636. The van der Waals surface area contributed by atoms with Gasteiger partial charge in [-0.25, -0.2) is 19.9 Å². The normalized spacial score (nSPS) is 15.1. The van der Waals surface area contributed by atoms with Crippen LogP contribution in [0, 0.1) is 13.8 Å². The fourth-order valence-electron chi connectivity index (χ4n) is 2.75. The molecule has 6 nitrogen and oxygen atoms in total. The number of hydrogen-bond acceptors (Lipinski definition) is 6. The second kappa shape index (κ2) is 6.66. The SMILES string of the molecule is CCc1nc(Cl)c(C)c(N2CCN(c3ccnc(C)n3)CC2)n1. The number of aromatic nitrogens is 4. The van der Waals surface area contributed by atoms with E-state index in [-0.39, 0.29) is 0 Å². The third-order valence-electron chi connectivity index (χ3n) is 4.09. The van der Waals surface area contributed by atoms with E-state index >= 15 is 0 Å². The van der Waals surface area contributed by atoms with E-state index in [0.717, 1.165) is 61.4 Å². The van der Waals surface area contributed by atoms with E-state index in [9.17, 15) is 0 Å². The van der Waals surface area contributed by atoms with Gasteiger partial charge in [0.1, 0.15) is 28.4 Å². The Bertz CT molecular complexity index is 697. The largest absolute Gasteiger partial charge is 0.353 e. The highest BCUT2D eigenvalue weighted by atomic mass is 35.5. The molecular weight excluding hydrogens is 312 g/mol. The summed E-state index contributed by atoms with van der Waals surface area (Å²) in [6, 6.07) is 1.96. The van der Waals surface area contributed by atoms with Gasteiger partial charge in [0, 0.05) is 44.4 Å². The van der Waals surface area contributed by atoms with Crippen molar-refractivity contribution in [3.63, 3.8) is 0 Å². The Kier molecular flexibility index (Phi) is 4.61. The number of anilines is 2. The molecule has 0 spiro atoms. The Labute approximate surface area is 141 Å². The fraction of sp³-hybridized carbons (Fsp3) is 0.500. The molecule has 3 heterocycles. The molecule has 0 saturated carbocycles. The molecule has 0 aliphatic carbocycles. The van der Waals surface area contributed by atoms with Gasteiger partial charge in [0.25, 0.3) is 0 Å². The van der Waals surface area contributed by atoms with Crippen molar-refractivity contribution in [1.29, 1.82) is 0 Å². The molecule has 0 radical (unpaired) electrons. The molecule has 7 heteroatoms. The number of rotatable bonds is 3. The first-order valence-electron chi connectivity index (χ1n) is 7.91. The molecule has 2 aromatic heterocycles. The summed E-state index contributed by atoms with van der Waals surface area (Å²) in [6.07, 6.45) is 2.60. The van der Waals surface area contributed by atoms with Crippen molar-refractivity contribution in [2.45, 2.75) is 27.2 Å². The molecule has 1 fully saturated rings.